The fourth-order valence-corrected chi connectivity index (χ4v) is 4.13. The largest absolute Gasteiger partial charge is 0.480 e. The van der Waals surface area contributed by atoms with Crippen LogP contribution in [0.3, 0.4) is 0 Å². The third-order valence-electron chi connectivity index (χ3n) is 5.17. The molecule has 2 aromatic rings. The second-order valence-corrected chi connectivity index (χ2v) is 6.53. The molecule has 23 heavy (non-hydrogen) atoms. The van der Waals surface area contributed by atoms with Crippen LogP contribution in [0.2, 0.25) is 0 Å². The van der Waals surface area contributed by atoms with Crippen LogP contribution in [-0.4, -0.2) is 33.2 Å². The predicted molar refractivity (Wildman–Crippen MR) is 81.5 cm³/mol. The minimum atomic E-state index is -0.728. The van der Waals surface area contributed by atoms with E-state index in [-0.39, 0.29) is 0 Å². The molecule has 2 fully saturated rings. The molecule has 1 N–H and O–H groups in total. The summed E-state index contributed by atoms with van der Waals surface area (Å²) in [5, 5.41) is 13.7. The van der Waals surface area contributed by atoms with Crippen molar-refractivity contribution in [2.75, 3.05) is 0 Å². The first-order valence-corrected chi connectivity index (χ1v) is 8.20. The molecule has 1 aliphatic carbocycles. The Bertz CT molecular complexity index is 679. The van der Waals surface area contributed by atoms with Crippen molar-refractivity contribution >= 4 is 5.97 Å². The molecule has 6 nitrogen and oxygen atoms in total. The fraction of sp³-hybridized carbons (Fsp3) is 0.529. The average Bonchev–Trinajstić information content (AvgIpc) is 3.26. The monoisotopic (exact) mass is 316 g/mol. The van der Waals surface area contributed by atoms with Crippen molar-refractivity contribution in [3.63, 3.8) is 0 Å². The number of fused-ring (bicyclic) bond motifs is 1. The van der Waals surface area contributed by atoms with Gasteiger partial charge in [-0.2, -0.15) is 0 Å². The van der Waals surface area contributed by atoms with E-state index < -0.39 is 12.0 Å². The second kappa shape index (κ2) is 5.85. The molecular weight excluding hydrogens is 296 g/mol. The van der Waals surface area contributed by atoms with E-state index in [1.165, 1.54) is 12.8 Å². The number of likely N-dealkylation sites (tertiary alicyclic amines) is 1. The number of hydrogen-bond acceptors (Lipinski definition) is 5. The zero-order valence-electron chi connectivity index (χ0n) is 12.9. The van der Waals surface area contributed by atoms with Crippen LogP contribution in [0.25, 0.3) is 11.5 Å². The number of nitrogens with zero attached hydrogens (tertiary/aromatic N) is 2. The van der Waals surface area contributed by atoms with Crippen LogP contribution in [0, 0.1) is 5.92 Å². The van der Waals surface area contributed by atoms with Crippen LogP contribution in [0.5, 0.6) is 0 Å². The lowest BCUT2D eigenvalue weighted by Gasteiger charge is -2.32. The molecule has 0 aromatic carbocycles. The molecule has 2 aliphatic rings. The lowest BCUT2D eigenvalue weighted by Crippen LogP contribution is -2.41. The van der Waals surface area contributed by atoms with Crippen LogP contribution in [0.15, 0.2) is 33.4 Å². The lowest BCUT2D eigenvalue weighted by molar-refractivity contribution is -0.142. The molecule has 0 spiro atoms. The van der Waals surface area contributed by atoms with Crippen molar-refractivity contribution in [1.82, 2.24) is 10.1 Å². The van der Waals surface area contributed by atoms with E-state index in [0.717, 1.165) is 25.0 Å². The summed E-state index contributed by atoms with van der Waals surface area (Å²) in [6.45, 7) is 0.516. The topological polar surface area (TPSA) is 79.7 Å². The highest BCUT2D eigenvalue weighted by atomic mass is 16.5. The number of hydrogen-bond donors (Lipinski definition) is 1. The van der Waals surface area contributed by atoms with Crippen LogP contribution in [0.1, 0.15) is 37.8 Å². The highest BCUT2D eigenvalue weighted by molar-refractivity contribution is 5.74. The quantitative estimate of drug-likeness (QED) is 0.933. The van der Waals surface area contributed by atoms with Gasteiger partial charge in [0.2, 0.25) is 5.76 Å². The number of rotatable bonds is 4. The van der Waals surface area contributed by atoms with Gasteiger partial charge in [0.25, 0.3) is 0 Å². The third-order valence-corrected chi connectivity index (χ3v) is 5.17. The second-order valence-electron chi connectivity index (χ2n) is 6.53. The van der Waals surface area contributed by atoms with Crippen molar-refractivity contribution < 1.29 is 18.8 Å². The lowest BCUT2D eigenvalue weighted by atomic mass is 9.85. The highest BCUT2D eigenvalue weighted by Crippen LogP contribution is 2.40. The van der Waals surface area contributed by atoms with Crippen molar-refractivity contribution in [3.05, 3.63) is 30.2 Å². The van der Waals surface area contributed by atoms with Crippen molar-refractivity contribution in [1.29, 1.82) is 0 Å². The Morgan fingerprint density at radius 2 is 2.22 bits per heavy atom. The Labute approximate surface area is 134 Å². The summed E-state index contributed by atoms with van der Waals surface area (Å²) in [5.74, 6) is 0.988. The molecular formula is C17H20N2O4. The summed E-state index contributed by atoms with van der Waals surface area (Å²) in [6.07, 6.45) is 6.96. The van der Waals surface area contributed by atoms with E-state index in [2.05, 4.69) is 10.1 Å². The first kappa shape index (κ1) is 14.5. The van der Waals surface area contributed by atoms with Crippen molar-refractivity contribution in [2.24, 2.45) is 5.92 Å². The van der Waals surface area contributed by atoms with Gasteiger partial charge in [-0.25, -0.2) is 0 Å². The molecule has 1 saturated heterocycles. The maximum absolute atomic E-state index is 11.6. The fourth-order valence-electron chi connectivity index (χ4n) is 4.13. The first-order valence-electron chi connectivity index (χ1n) is 8.20. The summed E-state index contributed by atoms with van der Waals surface area (Å²) < 4.78 is 10.6. The molecule has 0 radical (unpaired) electrons. The van der Waals surface area contributed by atoms with Gasteiger partial charge in [0.15, 0.2) is 5.76 Å². The highest BCUT2D eigenvalue weighted by Gasteiger charge is 2.45. The van der Waals surface area contributed by atoms with Gasteiger partial charge >= 0.3 is 5.97 Å². The molecule has 3 heterocycles. The zero-order valence-corrected chi connectivity index (χ0v) is 12.9. The standard InChI is InChI=1S/C17H20N2O4/c20-17(21)14-8-11-4-1-2-5-13(11)19(14)10-12-9-16(23-18-12)15-6-3-7-22-15/h3,6-7,9,11,13-14H,1-2,4-5,8,10H2,(H,20,21)/t11-,13-,14-/m0/s1. The Kier molecular flexibility index (Phi) is 3.69. The minimum Gasteiger partial charge on any atom is -0.480 e. The smallest absolute Gasteiger partial charge is 0.320 e. The molecule has 1 aliphatic heterocycles. The van der Waals surface area contributed by atoms with Gasteiger partial charge in [0.05, 0.1) is 12.0 Å². The zero-order chi connectivity index (χ0) is 15.8. The molecule has 1 saturated carbocycles. The molecule has 3 atom stereocenters. The Balaban J connectivity index is 1.55. The summed E-state index contributed by atoms with van der Waals surface area (Å²) >= 11 is 0. The number of aromatic nitrogens is 1. The third kappa shape index (κ3) is 2.67. The van der Waals surface area contributed by atoms with E-state index in [1.807, 2.05) is 12.1 Å². The summed E-state index contributed by atoms with van der Waals surface area (Å²) in [4.78, 5) is 13.7. The Hall–Kier alpha value is -2.08. The molecule has 122 valence electrons. The summed E-state index contributed by atoms with van der Waals surface area (Å²) in [5.41, 5.74) is 0.758. The van der Waals surface area contributed by atoms with Gasteiger partial charge in [-0.1, -0.05) is 18.0 Å². The van der Waals surface area contributed by atoms with E-state index in [4.69, 9.17) is 8.94 Å². The molecule has 0 unspecified atom stereocenters. The number of carboxylic acid groups (broad SMARTS) is 1. The first-order chi connectivity index (χ1) is 11.2. The van der Waals surface area contributed by atoms with Gasteiger partial charge in [0, 0.05) is 18.7 Å². The molecule has 0 bridgehead atoms. The normalized spacial score (nSPS) is 27.9. The maximum Gasteiger partial charge on any atom is 0.320 e. The number of furan rings is 1. The average molecular weight is 316 g/mol. The van der Waals surface area contributed by atoms with Crippen molar-refractivity contribution in [2.45, 2.75) is 50.7 Å². The number of aliphatic carboxylic acids is 1. The summed E-state index contributed by atoms with van der Waals surface area (Å²) in [6, 6.07) is 5.40. The van der Waals surface area contributed by atoms with E-state index in [9.17, 15) is 9.90 Å². The van der Waals surface area contributed by atoms with Gasteiger partial charge in [0.1, 0.15) is 6.04 Å². The predicted octanol–water partition coefficient (Wildman–Crippen LogP) is 3.15. The number of carbonyl (C=O) groups is 1. The van der Waals surface area contributed by atoms with Crippen molar-refractivity contribution in [3.8, 4) is 11.5 Å². The van der Waals surface area contributed by atoms with Crippen LogP contribution in [-0.2, 0) is 11.3 Å². The maximum atomic E-state index is 11.6. The van der Waals surface area contributed by atoms with Crippen LogP contribution < -0.4 is 0 Å². The molecule has 4 rings (SSSR count). The van der Waals surface area contributed by atoms with Crippen LogP contribution >= 0.6 is 0 Å². The minimum absolute atomic E-state index is 0.355. The number of carboxylic acids is 1. The molecule has 0 amide bonds. The van der Waals surface area contributed by atoms with Gasteiger partial charge in [-0.15, -0.1) is 0 Å². The Morgan fingerprint density at radius 1 is 1.35 bits per heavy atom. The van der Waals surface area contributed by atoms with Crippen LogP contribution in [0.4, 0.5) is 0 Å². The SMILES string of the molecule is O=C(O)[C@@H]1C[C@@H]2CCCC[C@@H]2N1Cc1cc(-c2ccco2)on1. The van der Waals surface area contributed by atoms with Gasteiger partial charge < -0.3 is 14.0 Å². The van der Waals surface area contributed by atoms with E-state index >= 15 is 0 Å². The molecule has 6 heteroatoms. The summed E-state index contributed by atoms with van der Waals surface area (Å²) in [7, 11) is 0. The van der Waals surface area contributed by atoms with E-state index in [1.54, 1.807) is 12.3 Å². The van der Waals surface area contributed by atoms with Gasteiger partial charge in [-0.05, 0) is 37.3 Å². The van der Waals surface area contributed by atoms with E-state index in [0.29, 0.717) is 30.0 Å². The Morgan fingerprint density at radius 3 is 3.00 bits per heavy atom. The molecule has 2 aromatic heterocycles. The van der Waals surface area contributed by atoms with Gasteiger partial charge in [-0.3, -0.25) is 9.69 Å².